The van der Waals surface area contributed by atoms with Crippen molar-refractivity contribution in [2.45, 2.75) is 76.3 Å². The third-order valence-electron chi connectivity index (χ3n) is 8.36. The van der Waals surface area contributed by atoms with E-state index in [2.05, 4.69) is 40.4 Å². The number of piperidine rings is 2. The summed E-state index contributed by atoms with van der Waals surface area (Å²) in [6.45, 7) is 3.24. The Balaban J connectivity index is 0.000000301. The van der Waals surface area contributed by atoms with Gasteiger partial charge in [-0.2, -0.15) is 12.7 Å². The Morgan fingerprint density at radius 3 is 2.08 bits per heavy atom. The number of carbonyl (C=O) groups is 1. The fourth-order valence-corrected chi connectivity index (χ4v) is 7.27. The van der Waals surface area contributed by atoms with E-state index in [1.165, 1.54) is 52.5 Å². The highest BCUT2D eigenvalue weighted by Gasteiger charge is 2.32. The zero-order valence-corrected chi connectivity index (χ0v) is 23.9. The van der Waals surface area contributed by atoms with E-state index in [0.717, 1.165) is 63.1 Å². The molecule has 2 saturated heterocycles. The maximum Gasteiger partial charge on any atom is 0.333 e. The van der Waals surface area contributed by atoms with E-state index in [1.807, 2.05) is 19.0 Å². The van der Waals surface area contributed by atoms with E-state index in [0.29, 0.717) is 13.1 Å². The highest BCUT2D eigenvalue weighted by atomic mass is 32.2. The molecule has 0 radical (unpaired) electrons. The predicted octanol–water partition coefficient (Wildman–Crippen LogP) is 2.36. The number of benzene rings is 1. The van der Waals surface area contributed by atoms with Gasteiger partial charge in [0.1, 0.15) is 0 Å². The number of aryl methyl sites for hydroxylation is 2. The minimum absolute atomic E-state index is 0.175. The molecule has 5 rings (SSSR count). The number of nitrogens with one attached hydrogen (secondary N) is 3. The Hall–Kier alpha value is -1.72. The van der Waals surface area contributed by atoms with Crippen LogP contribution >= 0.6 is 0 Å². The molecule has 2 heterocycles. The molecule has 37 heavy (non-hydrogen) atoms. The fraction of sp³-hybridized carbons (Fsp3) is 0.741. The molecule has 2 fully saturated rings. The number of urea groups is 1. The number of hydrogen-bond acceptors (Lipinski definition) is 6. The van der Waals surface area contributed by atoms with Gasteiger partial charge in [0.25, 0.3) is 0 Å². The van der Waals surface area contributed by atoms with Crippen molar-refractivity contribution >= 4 is 21.9 Å². The summed E-state index contributed by atoms with van der Waals surface area (Å²) in [5.41, 5.74) is 5.87. The highest BCUT2D eigenvalue weighted by Crippen LogP contribution is 2.38. The molecule has 0 spiro atoms. The lowest BCUT2D eigenvalue weighted by molar-refractivity contribution is 0.189. The smallest absolute Gasteiger partial charge is 0.315 e. The standard InChI is InChI=1S/C20H30N4O3S.C7H16N2/c1-23(2)16-8-5-11-24(13-16)28(26,27)22-20(25)21-19-17-9-3-6-14(17)12-15-7-4-10-18(15)19;1-9(2)7-4-3-5-8-6-7/h12,16H,3-11,13H2,1-2H3,(H2,21,22,25);7-8H,3-6H2,1-2H3. The summed E-state index contributed by atoms with van der Waals surface area (Å²) in [7, 11) is 4.36. The molecule has 1 aromatic rings. The number of rotatable bonds is 5. The molecule has 2 aliphatic heterocycles. The molecule has 4 aliphatic rings. The molecule has 0 bridgehead atoms. The molecule has 2 atom stereocenters. The van der Waals surface area contributed by atoms with Gasteiger partial charge in [-0.15, -0.1) is 0 Å². The van der Waals surface area contributed by atoms with Gasteiger partial charge < -0.3 is 20.4 Å². The van der Waals surface area contributed by atoms with E-state index < -0.39 is 16.2 Å². The van der Waals surface area contributed by atoms with Gasteiger partial charge in [0, 0.05) is 37.4 Å². The number of carbonyl (C=O) groups excluding carboxylic acids is 1. The SMILES string of the molecule is CN(C)C1CCCN(S(=O)(=O)NC(=O)Nc2c3c(cc4c2CCC4)CCC3)C1.CN(C)C1CCCNC1. The minimum Gasteiger partial charge on any atom is -0.315 e. The lowest BCUT2D eigenvalue weighted by Crippen LogP contribution is -2.52. The summed E-state index contributed by atoms with van der Waals surface area (Å²) >= 11 is 0. The van der Waals surface area contributed by atoms with Crippen LogP contribution in [0.15, 0.2) is 6.07 Å². The molecule has 9 nitrogen and oxygen atoms in total. The van der Waals surface area contributed by atoms with Gasteiger partial charge in [-0.25, -0.2) is 9.52 Å². The van der Waals surface area contributed by atoms with E-state index >= 15 is 0 Å². The predicted molar refractivity (Wildman–Crippen MR) is 149 cm³/mol. The third kappa shape index (κ3) is 7.03. The Bertz CT molecular complexity index is 1020. The first kappa shape index (κ1) is 28.3. The molecule has 2 amide bonds. The number of fused-ring (bicyclic) bond motifs is 2. The zero-order chi connectivity index (χ0) is 26.6. The Kier molecular flexibility index (Phi) is 9.50. The molecule has 2 aliphatic carbocycles. The second-order valence-corrected chi connectivity index (χ2v) is 13.0. The van der Waals surface area contributed by atoms with Crippen LogP contribution in [-0.4, -0.2) is 95.0 Å². The lowest BCUT2D eigenvalue weighted by atomic mass is 9.99. The first-order valence-corrected chi connectivity index (χ1v) is 15.4. The van der Waals surface area contributed by atoms with Crippen LogP contribution in [0, 0.1) is 0 Å². The van der Waals surface area contributed by atoms with Gasteiger partial charge >= 0.3 is 16.2 Å². The van der Waals surface area contributed by atoms with Crippen LogP contribution in [0.25, 0.3) is 0 Å². The molecule has 0 saturated carbocycles. The van der Waals surface area contributed by atoms with Gasteiger partial charge in [0.05, 0.1) is 0 Å². The molecule has 1 aromatic carbocycles. The first-order valence-electron chi connectivity index (χ1n) is 13.9. The summed E-state index contributed by atoms with van der Waals surface area (Å²) in [4.78, 5) is 17.0. The van der Waals surface area contributed by atoms with Crippen LogP contribution in [0.2, 0.25) is 0 Å². The van der Waals surface area contributed by atoms with Gasteiger partial charge in [-0.1, -0.05) is 6.07 Å². The van der Waals surface area contributed by atoms with E-state index in [1.54, 1.807) is 0 Å². The van der Waals surface area contributed by atoms with Crippen molar-refractivity contribution in [2.75, 3.05) is 59.7 Å². The topological polar surface area (TPSA) is 97.0 Å². The van der Waals surface area contributed by atoms with Crippen molar-refractivity contribution in [3.8, 4) is 0 Å². The highest BCUT2D eigenvalue weighted by molar-refractivity contribution is 7.87. The van der Waals surface area contributed by atoms with Crippen molar-refractivity contribution in [1.29, 1.82) is 0 Å². The molecular formula is C27H46N6O3S. The molecule has 2 unspecified atom stereocenters. The monoisotopic (exact) mass is 534 g/mol. The molecular weight excluding hydrogens is 488 g/mol. The first-order chi connectivity index (χ1) is 17.7. The van der Waals surface area contributed by atoms with Gasteiger partial charge in [0.2, 0.25) is 0 Å². The largest absolute Gasteiger partial charge is 0.333 e. The molecule has 208 valence electrons. The van der Waals surface area contributed by atoms with Gasteiger partial charge in [-0.3, -0.25) is 0 Å². The van der Waals surface area contributed by atoms with Crippen LogP contribution in [-0.2, 0) is 35.9 Å². The second kappa shape index (κ2) is 12.4. The van der Waals surface area contributed by atoms with Gasteiger partial charge in [0.15, 0.2) is 0 Å². The second-order valence-electron chi connectivity index (χ2n) is 11.4. The average molecular weight is 535 g/mol. The van der Waals surface area contributed by atoms with E-state index in [-0.39, 0.29) is 6.04 Å². The molecule has 10 heteroatoms. The maximum atomic E-state index is 12.8. The van der Waals surface area contributed by atoms with Crippen molar-refractivity contribution in [3.05, 3.63) is 28.3 Å². The van der Waals surface area contributed by atoms with Crippen LogP contribution in [0.4, 0.5) is 10.5 Å². The molecule has 0 aromatic heterocycles. The number of nitrogens with zero attached hydrogens (tertiary/aromatic N) is 3. The van der Waals surface area contributed by atoms with Crippen molar-refractivity contribution in [3.63, 3.8) is 0 Å². The zero-order valence-electron chi connectivity index (χ0n) is 23.1. The van der Waals surface area contributed by atoms with Crippen molar-refractivity contribution in [2.24, 2.45) is 0 Å². The van der Waals surface area contributed by atoms with E-state index in [4.69, 9.17) is 0 Å². The number of likely N-dealkylation sites (N-methyl/N-ethyl adjacent to an activating group) is 2. The summed E-state index contributed by atoms with van der Waals surface area (Å²) in [6, 6.07) is 2.59. The van der Waals surface area contributed by atoms with Crippen molar-refractivity contribution in [1.82, 2.24) is 24.1 Å². The summed E-state index contributed by atoms with van der Waals surface area (Å²) in [5, 5.41) is 6.28. The third-order valence-corrected chi connectivity index (χ3v) is 9.82. The quantitative estimate of drug-likeness (QED) is 0.537. The Morgan fingerprint density at radius 2 is 1.54 bits per heavy atom. The number of hydrogen-bond donors (Lipinski definition) is 3. The summed E-state index contributed by atoms with van der Waals surface area (Å²) < 4.78 is 29.2. The Morgan fingerprint density at radius 1 is 0.919 bits per heavy atom. The number of anilines is 1. The van der Waals surface area contributed by atoms with Crippen molar-refractivity contribution < 1.29 is 13.2 Å². The van der Waals surface area contributed by atoms with Crippen LogP contribution < -0.4 is 15.4 Å². The van der Waals surface area contributed by atoms with Gasteiger partial charge in [-0.05, 0) is 121 Å². The van der Waals surface area contributed by atoms with Crippen LogP contribution in [0.5, 0.6) is 0 Å². The maximum absolute atomic E-state index is 12.8. The fourth-order valence-electron chi connectivity index (χ4n) is 6.12. The van der Waals surface area contributed by atoms with Crippen LogP contribution in [0.3, 0.4) is 0 Å². The lowest BCUT2D eigenvalue weighted by Gasteiger charge is -2.35. The normalized spacial score (nSPS) is 23.8. The Labute approximate surface area is 223 Å². The minimum atomic E-state index is -3.85. The number of amides is 2. The van der Waals surface area contributed by atoms with Crippen LogP contribution in [0.1, 0.15) is 60.8 Å². The average Bonchev–Trinajstić information content (AvgIpc) is 3.54. The summed E-state index contributed by atoms with van der Waals surface area (Å²) in [6.07, 6.45) is 10.6. The summed E-state index contributed by atoms with van der Waals surface area (Å²) in [5.74, 6) is 0. The molecule has 3 N–H and O–H groups in total. The van der Waals surface area contributed by atoms with E-state index in [9.17, 15) is 13.2 Å².